The number of carboxylic acids is 1. The van der Waals surface area contributed by atoms with Crippen LogP contribution in [0.15, 0.2) is 21.9 Å². The maximum absolute atomic E-state index is 10.9. The molecule has 1 N–H and O–H groups in total. The molecule has 2 rings (SSSR count). The fourth-order valence-corrected chi connectivity index (χ4v) is 2.60. The maximum atomic E-state index is 10.9. The van der Waals surface area contributed by atoms with Gasteiger partial charge in [0.15, 0.2) is 0 Å². The minimum Gasteiger partial charge on any atom is -0.481 e. The van der Waals surface area contributed by atoms with Gasteiger partial charge in [0.1, 0.15) is 5.76 Å². The summed E-state index contributed by atoms with van der Waals surface area (Å²) in [4.78, 5) is 18.3. The molecule has 0 aromatic carbocycles. The monoisotopic (exact) mass is 294 g/mol. The number of hydrogen-bond donors (Lipinski definition) is 1. The molecular weight excluding hydrogens is 276 g/mol. The van der Waals surface area contributed by atoms with Gasteiger partial charge in [0.25, 0.3) is 0 Å². The molecule has 0 amide bonds. The van der Waals surface area contributed by atoms with Crippen molar-refractivity contribution >= 4 is 17.3 Å². The van der Waals surface area contributed by atoms with E-state index in [-0.39, 0.29) is 0 Å². The van der Waals surface area contributed by atoms with Gasteiger partial charge >= 0.3 is 5.97 Å². The minimum absolute atomic E-state index is 0.399. The first kappa shape index (κ1) is 14.7. The Morgan fingerprint density at radius 1 is 1.60 bits per heavy atom. The van der Waals surface area contributed by atoms with E-state index in [0.717, 1.165) is 16.3 Å². The molecule has 0 aliphatic rings. The fourth-order valence-electron chi connectivity index (χ4n) is 1.95. The topological polar surface area (TPSA) is 66.6 Å². The highest BCUT2D eigenvalue weighted by atomic mass is 32.1. The molecule has 0 radical (unpaired) electrons. The lowest BCUT2D eigenvalue weighted by Crippen LogP contribution is -2.28. The van der Waals surface area contributed by atoms with Crippen LogP contribution >= 0.6 is 11.3 Å². The zero-order chi connectivity index (χ0) is 14.7. The average Bonchev–Trinajstić information content (AvgIpc) is 2.99. The van der Waals surface area contributed by atoms with Gasteiger partial charge in [0.05, 0.1) is 16.5 Å². The second-order valence-corrected chi connectivity index (χ2v) is 5.88. The van der Waals surface area contributed by atoms with Crippen molar-refractivity contribution in [2.45, 2.75) is 20.4 Å². The maximum Gasteiger partial charge on any atom is 0.307 e. The average molecular weight is 294 g/mol. The van der Waals surface area contributed by atoms with Gasteiger partial charge in [0.2, 0.25) is 5.89 Å². The van der Waals surface area contributed by atoms with Crippen LogP contribution in [0.2, 0.25) is 0 Å². The van der Waals surface area contributed by atoms with E-state index in [4.69, 9.17) is 9.52 Å². The zero-order valence-electron chi connectivity index (χ0n) is 11.8. The van der Waals surface area contributed by atoms with Gasteiger partial charge in [-0.2, -0.15) is 0 Å². The Kier molecular flexibility index (Phi) is 4.57. The van der Waals surface area contributed by atoms with Gasteiger partial charge in [-0.05, 0) is 25.4 Å². The van der Waals surface area contributed by atoms with E-state index in [2.05, 4.69) is 4.98 Å². The molecule has 5 nitrogen and oxygen atoms in total. The predicted molar refractivity (Wildman–Crippen MR) is 77.7 cm³/mol. The molecule has 0 saturated carbocycles. The lowest BCUT2D eigenvalue weighted by Gasteiger charge is -2.17. The van der Waals surface area contributed by atoms with Crippen LogP contribution < -0.4 is 0 Å². The van der Waals surface area contributed by atoms with Crippen molar-refractivity contribution in [1.29, 1.82) is 0 Å². The van der Waals surface area contributed by atoms with E-state index in [9.17, 15) is 4.79 Å². The summed E-state index contributed by atoms with van der Waals surface area (Å²) < 4.78 is 5.67. The zero-order valence-corrected chi connectivity index (χ0v) is 12.6. The molecule has 2 aromatic heterocycles. The van der Waals surface area contributed by atoms with Crippen LogP contribution in [0.5, 0.6) is 0 Å². The Balaban J connectivity index is 2.05. The third kappa shape index (κ3) is 3.46. The highest BCUT2D eigenvalue weighted by Gasteiger charge is 2.17. The summed E-state index contributed by atoms with van der Waals surface area (Å²) in [6, 6.07) is 3.93. The summed E-state index contributed by atoms with van der Waals surface area (Å²) in [5.41, 5.74) is 0.855. The summed E-state index contributed by atoms with van der Waals surface area (Å²) in [6.45, 7) is 4.65. The minimum atomic E-state index is -0.784. The van der Waals surface area contributed by atoms with Crippen LogP contribution in [0.4, 0.5) is 0 Å². The van der Waals surface area contributed by atoms with E-state index in [1.807, 2.05) is 36.4 Å². The molecule has 1 atom stereocenters. The number of carbonyl (C=O) groups is 1. The summed E-state index contributed by atoms with van der Waals surface area (Å²) in [6.07, 6.45) is 0. The van der Waals surface area contributed by atoms with Crippen LogP contribution in [0.25, 0.3) is 10.8 Å². The van der Waals surface area contributed by atoms with Gasteiger partial charge in [0, 0.05) is 13.1 Å². The number of aryl methyl sites for hydroxylation is 1. The Morgan fingerprint density at radius 2 is 2.35 bits per heavy atom. The number of nitrogens with zero attached hydrogens (tertiary/aromatic N) is 2. The number of carboxylic acid groups (broad SMARTS) is 1. The van der Waals surface area contributed by atoms with Gasteiger partial charge in [-0.1, -0.05) is 13.0 Å². The number of hydrogen-bond acceptors (Lipinski definition) is 5. The van der Waals surface area contributed by atoms with Crippen LogP contribution in [0.3, 0.4) is 0 Å². The summed E-state index contributed by atoms with van der Waals surface area (Å²) in [5.74, 6) is 0.229. The predicted octanol–water partition coefficient (Wildman–Crippen LogP) is 2.86. The number of aromatic nitrogens is 1. The first-order valence-corrected chi connectivity index (χ1v) is 7.27. The van der Waals surface area contributed by atoms with Crippen molar-refractivity contribution < 1.29 is 14.3 Å². The van der Waals surface area contributed by atoms with E-state index in [1.54, 1.807) is 18.3 Å². The highest BCUT2D eigenvalue weighted by molar-refractivity contribution is 7.13. The van der Waals surface area contributed by atoms with Crippen molar-refractivity contribution in [1.82, 2.24) is 9.88 Å². The van der Waals surface area contributed by atoms with Crippen LogP contribution in [-0.4, -0.2) is 34.6 Å². The van der Waals surface area contributed by atoms with E-state index >= 15 is 0 Å². The molecule has 0 fully saturated rings. The smallest absolute Gasteiger partial charge is 0.307 e. The molecule has 1 unspecified atom stereocenters. The molecule has 6 heteroatoms. The lowest BCUT2D eigenvalue weighted by atomic mass is 10.2. The third-order valence-electron chi connectivity index (χ3n) is 3.05. The molecule has 2 aromatic rings. The van der Waals surface area contributed by atoms with Crippen molar-refractivity contribution in [3.05, 3.63) is 29.0 Å². The number of rotatable bonds is 6. The molecule has 108 valence electrons. The summed E-state index contributed by atoms with van der Waals surface area (Å²) >= 11 is 1.58. The Labute approximate surface area is 121 Å². The van der Waals surface area contributed by atoms with Crippen LogP contribution in [-0.2, 0) is 11.3 Å². The molecule has 20 heavy (non-hydrogen) atoms. The Bertz CT molecular complexity index is 577. The molecule has 0 saturated heterocycles. The molecule has 0 aliphatic carbocycles. The van der Waals surface area contributed by atoms with Gasteiger partial charge in [-0.3, -0.25) is 9.69 Å². The standard InChI is InChI=1S/C14H18N2O3S/c1-9(14(17)18)7-16(3)8-11-10(2)19-13(15-11)12-5-4-6-20-12/h4-6,9H,7-8H2,1-3H3,(H,17,18). The molecular formula is C14H18N2O3S. The van der Waals surface area contributed by atoms with Crippen molar-refractivity contribution in [2.24, 2.45) is 5.92 Å². The van der Waals surface area contributed by atoms with E-state index in [0.29, 0.717) is 19.0 Å². The second kappa shape index (κ2) is 6.19. The second-order valence-electron chi connectivity index (χ2n) is 4.94. The Hall–Kier alpha value is -1.66. The van der Waals surface area contributed by atoms with E-state index < -0.39 is 11.9 Å². The summed E-state index contributed by atoms with van der Waals surface area (Å²) in [7, 11) is 1.89. The molecule has 0 aliphatic heterocycles. The van der Waals surface area contributed by atoms with Gasteiger partial charge < -0.3 is 9.52 Å². The molecule has 0 bridgehead atoms. The fraction of sp³-hybridized carbons (Fsp3) is 0.429. The van der Waals surface area contributed by atoms with Gasteiger partial charge in [-0.15, -0.1) is 11.3 Å². The Morgan fingerprint density at radius 3 is 2.95 bits per heavy atom. The number of aliphatic carboxylic acids is 1. The van der Waals surface area contributed by atoms with Crippen LogP contribution in [0.1, 0.15) is 18.4 Å². The molecule has 2 heterocycles. The highest BCUT2D eigenvalue weighted by Crippen LogP contribution is 2.26. The molecule has 0 spiro atoms. The van der Waals surface area contributed by atoms with Crippen molar-refractivity contribution in [3.63, 3.8) is 0 Å². The first-order valence-electron chi connectivity index (χ1n) is 6.39. The summed E-state index contributed by atoms with van der Waals surface area (Å²) in [5, 5.41) is 10.9. The van der Waals surface area contributed by atoms with Gasteiger partial charge in [-0.25, -0.2) is 4.98 Å². The quantitative estimate of drug-likeness (QED) is 0.887. The van der Waals surface area contributed by atoms with Crippen molar-refractivity contribution in [2.75, 3.05) is 13.6 Å². The number of thiophene rings is 1. The number of oxazole rings is 1. The SMILES string of the molecule is Cc1oc(-c2cccs2)nc1CN(C)CC(C)C(=O)O. The van der Waals surface area contributed by atoms with Crippen LogP contribution in [0, 0.1) is 12.8 Å². The largest absolute Gasteiger partial charge is 0.481 e. The van der Waals surface area contributed by atoms with Crippen molar-refractivity contribution in [3.8, 4) is 10.8 Å². The normalized spacial score (nSPS) is 12.8. The lowest BCUT2D eigenvalue weighted by molar-refractivity contribution is -0.141. The van der Waals surface area contributed by atoms with E-state index in [1.165, 1.54) is 0 Å². The third-order valence-corrected chi connectivity index (χ3v) is 3.91. The first-order chi connectivity index (χ1) is 9.47.